The molecule has 0 amide bonds. The van der Waals surface area contributed by atoms with E-state index in [0.717, 1.165) is 24.3 Å². The van der Waals surface area contributed by atoms with Gasteiger partial charge in [0.25, 0.3) is 0 Å². The smallest absolute Gasteiger partial charge is 0.412 e. The van der Waals surface area contributed by atoms with Crippen molar-refractivity contribution in [2.24, 2.45) is 0 Å². The van der Waals surface area contributed by atoms with Crippen LogP contribution >= 0.6 is 0 Å². The third-order valence-electron chi connectivity index (χ3n) is 9.25. The molecule has 4 N–H and O–H groups in total. The van der Waals surface area contributed by atoms with Crippen LogP contribution in [-0.4, -0.2) is 11.0 Å². The average molecular weight is 702 g/mol. The SMILES string of the molecule is CCCCCCCCCCCCCCCc1ccccc1[O][Co][O]c1ccccc1CCCCCCCCCCCCCCC.O.O. The van der Waals surface area contributed by atoms with Gasteiger partial charge in [0, 0.05) is 0 Å². The van der Waals surface area contributed by atoms with E-state index in [4.69, 9.17) is 7.70 Å². The zero-order valence-corrected chi connectivity index (χ0v) is 31.6. The molecule has 275 valence electrons. The van der Waals surface area contributed by atoms with Gasteiger partial charge in [-0.05, 0) is 0 Å². The second-order valence-corrected chi connectivity index (χ2v) is 14.0. The van der Waals surface area contributed by atoms with Crippen LogP contribution in [0.2, 0.25) is 0 Å². The van der Waals surface area contributed by atoms with Crippen molar-refractivity contribution in [3.63, 3.8) is 0 Å². The van der Waals surface area contributed by atoms with Crippen LogP contribution < -0.4 is 7.70 Å². The molecule has 0 spiro atoms. The molecule has 0 radical (unpaired) electrons. The summed E-state index contributed by atoms with van der Waals surface area (Å²) in [5, 5.41) is 0. The average Bonchev–Trinajstić information content (AvgIpc) is 3.06. The van der Waals surface area contributed by atoms with E-state index in [-0.39, 0.29) is 11.0 Å². The summed E-state index contributed by atoms with van der Waals surface area (Å²) in [5.41, 5.74) is 2.60. The van der Waals surface area contributed by atoms with E-state index in [1.54, 1.807) is 0 Å². The van der Waals surface area contributed by atoms with Gasteiger partial charge in [-0.15, -0.1) is 0 Å². The van der Waals surface area contributed by atoms with Crippen LogP contribution in [-0.2, 0) is 28.2 Å². The van der Waals surface area contributed by atoms with Crippen molar-refractivity contribution in [1.29, 1.82) is 0 Å². The van der Waals surface area contributed by atoms with Crippen LogP contribution in [0.1, 0.15) is 192 Å². The second kappa shape index (κ2) is 34.3. The van der Waals surface area contributed by atoms with Crippen molar-refractivity contribution in [1.82, 2.24) is 0 Å². The summed E-state index contributed by atoms with van der Waals surface area (Å²) in [5.74, 6) is 1.93. The fourth-order valence-electron chi connectivity index (χ4n) is 6.29. The molecular formula is C42H74CoO4. The number of rotatable bonds is 32. The van der Waals surface area contributed by atoms with E-state index >= 15 is 0 Å². The van der Waals surface area contributed by atoms with Gasteiger partial charge in [-0.3, -0.25) is 0 Å². The molecule has 0 atom stereocenters. The van der Waals surface area contributed by atoms with Crippen LogP contribution in [0.25, 0.3) is 0 Å². The van der Waals surface area contributed by atoms with E-state index in [0.29, 0.717) is 15.3 Å². The predicted octanol–water partition coefficient (Wildman–Crippen LogP) is 12.7. The fraction of sp³-hybridized carbons (Fsp3) is 0.714. The zero-order chi connectivity index (χ0) is 31.9. The van der Waals surface area contributed by atoms with Gasteiger partial charge in [-0.2, -0.15) is 0 Å². The summed E-state index contributed by atoms with van der Waals surface area (Å²) < 4.78 is 12.3. The maximum absolute atomic E-state index is 6.13. The Balaban J connectivity index is 0.0000106. The van der Waals surface area contributed by atoms with Crippen LogP contribution in [0.5, 0.6) is 11.5 Å². The van der Waals surface area contributed by atoms with E-state index in [9.17, 15) is 0 Å². The van der Waals surface area contributed by atoms with Gasteiger partial charge < -0.3 is 11.0 Å². The van der Waals surface area contributed by atoms with Crippen molar-refractivity contribution >= 4 is 0 Å². The molecule has 0 aromatic heterocycles. The Hall–Kier alpha value is -1.53. The summed E-state index contributed by atoms with van der Waals surface area (Å²) in [6, 6.07) is 17.0. The molecule has 0 bridgehead atoms. The third-order valence-corrected chi connectivity index (χ3v) is 9.88. The van der Waals surface area contributed by atoms with Crippen molar-refractivity contribution in [2.45, 2.75) is 194 Å². The van der Waals surface area contributed by atoms with Crippen LogP contribution in [0.3, 0.4) is 0 Å². The number of unbranched alkanes of at least 4 members (excludes halogenated alkanes) is 24. The number of aryl methyl sites for hydroxylation is 2. The first kappa shape index (κ1) is 45.5. The number of benzene rings is 2. The Morgan fingerprint density at radius 3 is 0.915 bits per heavy atom. The van der Waals surface area contributed by atoms with E-state index in [2.05, 4.69) is 62.4 Å². The molecule has 4 nitrogen and oxygen atoms in total. The van der Waals surface area contributed by atoms with Gasteiger partial charge in [-0.1, -0.05) is 78.1 Å². The monoisotopic (exact) mass is 701 g/mol. The van der Waals surface area contributed by atoms with Crippen molar-refractivity contribution in [3.8, 4) is 11.5 Å². The minimum absolute atomic E-state index is 0. The first-order valence-electron chi connectivity index (χ1n) is 19.5. The van der Waals surface area contributed by atoms with Crippen LogP contribution in [0.15, 0.2) is 48.5 Å². The Bertz CT molecular complexity index is 848. The standard InChI is InChI=1S/2C21H36O.Co.2H2O/c2*1-2-3-4-5-6-7-8-9-10-11-12-13-14-17-20-18-15-16-19-21(20)22;;;/h2*15-16,18-19,22H,2-14,17H2,1H3;;2*1H2/q;;+2;;/p-2. The van der Waals surface area contributed by atoms with Crippen molar-refractivity contribution in [3.05, 3.63) is 59.7 Å². The summed E-state index contributed by atoms with van der Waals surface area (Å²) in [6.07, 6.45) is 38.3. The molecule has 0 fully saturated rings. The summed E-state index contributed by atoms with van der Waals surface area (Å²) in [6.45, 7) is 4.59. The number of hydrogen-bond acceptors (Lipinski definition) is 2. The summed E-state index contributed by atoms with van der Waals surface area (Å²) in [4.78, 5) is 0. The Labute approximate surface area is 297 Å². The molecule has 0 unspecified atom stereocenters. The molecule has 2 rings (SSSR count). The Morgan fingerprint density at radius 1 is 0.362 bits per heavy atom. The molecule has 2 aromatic rings. The first-order chi connectivity index (χ1) is 22.3. The van der Waals surface area contributed by atoms with Gasteiger partial charge >= 0.3 is 210 Å². The minimum Gasteiger partial charge on any atom is -0.412 e. The van der Waals surface area contributed by atoms with Crippen molar-refractivity contribution in [2.75, 3.05) is 0 Å². The van der Waals surface area contributed by atoms with E-state index < -0.39 is 0 Å². The quantitative estimate of drug-likeness (QED) is 0.0711. The van der Waals surface area contributed by atoms with Gasteiger partial charge in [0.1, 0.15) is 0 Å². The van der Waals surface area contributed by atoms with Gasteiger partial charge in [0.2, 0.25) is 0 Å². The van der Waals surface area contributed by atoms with Crippen LogP contribution in [0, 0.1) is 0 Å². The van der Waals surface area contributed by atoms with Gasteiger partial charge in [0.15, 0.2) is 0 Å². The van der Waals surface area contributed by atoms with E-state index in [1.165, 1.54) is 178 Å². The summed E-state index contributed by atoms with van der Waals surface area (Å²) >= 11 is 0.585. The van der Waals surface area contributed by atoms with E-state index in [1.807, 2.05) is 0 Å². The molecule has 0 heterocycles. The molecule has 5 heteroatoms. The fourth-order valence-corrected chi connectivity index (χ4v) is 6.94. The Morgan fingerprint density at radius 2 is 0.617 bits per heavy atom. The molecule has 2 aromatic carbocycles. The third kappa shape index (κ3) is 25.2. The zero-order valence-electron chi connectivity index (χ0n) is 30.6. The van der Waals surface area contributed by atoms with Crippen molar-refractivity contribution < 1.29 is 34.0 Å². The maximum atomic E-state index is 6.13. The molecule has 0 saturated heterocycles. The normalized spacial score (nSPS) is 10.9. The molecule has 0 saturated carbocycles. The molecule has 0 aliphatic carbocycles. The molecule has 0 aliphatic heterocycles. The number of hydrogen-bond donors (Lipinski definition) is 0. The molecular weight excluding hydrogens is 627 g/mol. The molecule has 0 aliphatic rings. The summed E-state index contributed by atoms with van der Waals surface area (Å²) in [7, 11) is 0. The second-order valence-electron chi connectivity index (χ2n) is 13.4. The minimum atomic E-state index is 0. The predicted molar refractivity (Wildman–Crippen MR) is 200 cm³/mol. The molecule has 47 heavy (non-hydrogen) atoms. The topological polar surface area (TPSA) is 81.5 Å². The first-order valence-corrected chi connectivity index (χ1v) is 20.3. The van der Waals surface area contributed by atoms with Crippen LogP contribution in [0.4, 0.5) is 0 Å². The Kier molecular flexibility index (Phi) is 33.2. The van der Waals surface area contributed by atoms with Gasteiger partial charge in [0.05, 0.1) is 0 Å². The number of para-hydroxylation sites is 2. The van der Waals surface area contributed by atoms with Gasteiger partial charge in [-0.25, -0.2) is 0 Å².